The van der Waals surface area contributed by atoms with E-state index in [1.54, 1.807) is 6.20 Å². The number of H-pyrrole nitrogens is 1. The van der Waals surface area contributed by atoms with E-state index in [1.165, 1.54) is 0 Å². The van der Waals surface area contributed by atoms with Crippen molar-refractivity contribution < 1.29 is 5.11 Å². The number of hydrogen-bond donors (Lipinski definition) is 3. The summed E-state index contributed by atoms with van der Waals surface area (Å²) in [5.41, 5.74) is 0. The molecule has 1 heterocycles. The Labute approximate surface area is 83.8 Å². The lowest BCUT2D eigenvalue weighted by atomic mass is 10.1. The van der Waals surface area contributed by atoms with Gasteiger partial charge in [0.1, 0.15) is 5.82 Å². The molecule has 0 saturated heterocycles. The maximum absolute atomic E-state index is 9.58. The number of aliphatic hydroxyl groups is 1. The SMILES string of the molecule is OC1CCCC1CNCc1ncc[nH]1. The van der Waals surface area contributed by atoms with Gasteiger partial charge < -0.3 is 15.4 Å². The Bertz CT molecular complexity index is 260. The van der Waals surface area contributed by atoms with Crippen molar-refractivity contribution in [3.8, 4) is 0 Å². The van der Waals surface area contributed by atoms with E-state index in [-0.39, 0.29) is 6.10 Å². The maximum Gasteiger partial charge on any atom is 0.120 e. The van der Waals surface area contributed by atoms with Crippen LogP contribution in [0.3, 0.4) is 0 Å². The van der Waals surface area contributed by atoms with Crippen molar-refractivity contribution >= 4 is 0 Å². The van der Waals surface area contributed by atoms with Gasteiger partial charge in [0.15, 0.2) is 0 Å². The van der Waals surface area contributed by atoms with E-state index in [0.29, 0.717) is 5.92 Å². The average molecular weight is 195 g/mol. The number of aromatic nitrogens is 2. The number of aliphatic hydroxyl groups excluding tert-OH is 1. The Morgan fingerprint density at radius 2 is 2.50 bits per heavy atom. The minimum absolute atomic E-state index is 0.0981. The van der Waals surface area contributed by atoms with Gasteiger partial charge in [0.2, 0.25) is 0 Å². The van der Waals surface area contributed by atoms with Crippen LogP contribution in [0, 0.1) is 5.92 Å². The van der Waals surface area contributed by atoms with E-state index in [1.807, 2.05) is 6.20 Å². The Hall–Kier alpha value is -0.870. The van der Waals surface area contributed by atoms with E-state index in [2.05, 4.69) is 15.3 Å². The molecule has 4 heteroatoms. The molecule has 0 bridgehead atoms. The van der Waals surface area contributed by atoms with Gasteiger partial charge in [0, 0.05) is 18.9 Å². The van der Waals surface area contributed by atoms with E-state index in [4.69, 9.17) is 0 Å². The fourth-order valence-electron chi connectivity index (χ4n) is 2.03. The molecule has 0 amide bonds. The number of nitrogens with one attached hydrogen (secondary N) is 2. The molecular weight excluding hydrogens is 178 g/mol. The zero-order valence-electron chi connectivity index (χ0n) is 8.24. The fourth-order valence-corrected chi connectivity index (χ4v) is 2.03. The zero-order chi connectivity index (χ0) is 9.80. The topological polar surface area (TPSA) is 60.9 Å². The third-order valence-electron chi connectivity index (χ3n) is 2.87. The van der Waals surface area contributed by atoms with Crippen LogP contribution < -0.4 is 5.32 Å². The quantitative estimate of drug-likeness (QED) is 0.661. The molecule has 78 valence electrons. The van der Waals surface area contributed by atoms with Crippen LogP contribution in [0.25, 0.3) is 0 Å². The molecule has 2 rings (SSSR count). The maximum atomic E-state index is 9.58. The van der Waals surface area contributed by atoms with Gasteiger partial charge in [0.25, 0.3) is 0 Å². The average Bonchev–Trinajstić information content (AvgIpc) is 2.78. The van der Waals surface area contributed by atoms with Crippen LogP contribution in [0.5, 0.6) is 0 Å². The molecule has 2 atom stereocenters. The van der Waals surface area contributed by atoms with Crippen LogP contribution in [-0.4, -0.2) is 27.7 Å². The normalized spacial score (nSPS) is 26.9. The standard InChI is InChI=1S/C10H17N3O/c14-9-3-1-2-8(9)6-11-7-10-12-4-5-13-10/h4-5,8-9,11,14H,1-3,6-7H2,(H,12,13). The van der Waals surface area contributed by atoms with Crippen LogP contribution in [0.4, 0.5) is 0 Å². The summed E-state index contributed by atoms with van der Waals surface area (Å²) < 4.78 is 0. The second kappa shape index (κ2) is 4.57. The van der Waals surface area contributed by atoms with E-state index < -0.39 is 0 Å². The van der Waals surface area contributed by atoms with Crippen molar-refractivity contribution in [3.05, 3.63) is 18.2 Å². The summed E-state index contributed by atoms with van der Waals surface area (Å²) in [6, 6.07) is 0. The Morgan fingerprint density at radius 3 is 3.14 bits per heavy atom. The first-order valence-electron chi connectivity index (χ1n) is 5.23. The van der Waals surface area contributed by atoms with Crippen LogP contribution in [0.15, 0.2) is 12.4 Å². The highest BCUT2D eigenvalue weighted by Gasteiger charge is 2.24. The highest BCUT2D eigenvalue weighted by atomic mass is 16.3. The predicted molar refractivity (Wildman–Crippen MR) is 53.6 cm³/mol. The van der Waals surface area contributed by atoms with Gasteiger partial charge in [0.05, 0.1) is 12.6 Å². The van der Waals surface area contributed by atoms with Gasteiger partial charge in [-0.15, -0.1) is 0 Å². The number of rotatable bonds is 4. The Balaban J connectivity index is 1.68. The molecule has 0 spiro atoms. The highest BCUT2D eigenvalue weighted by molar-refractivity contribution is 4.86. The van der Waals surface area contributed by atoms with Crippen LogP contribution in [0.2, 0.25) is 0 Å². The van der Waals surface area contributed by atoms with E-state index in [0.717, 1.165) is 38.2 Å². The summed E-state index contributed by atoms with van der Waals surface area (Å²) in [6.45, 7) is 1.65. The monoisotopic (exact) mass is 195 g/mol. The third kappa shape index (κ3) is 2.33. The van der Waals surface area contributed by atoms with Gasteiger partial charge in [-0.2, -0.15) is 0 Å². The van der Waals surface area contributed by atoms with Crippen molar-refractivity contribution in [2.45, 2.75) is 31.9 Å². The largest absolute Gasteiger partial charge is 0.393 e. The smallest absolute Gasteiger partial charge is 0.120 e. The minimum Gasteiger partial charge on any atom is -0.393 e. The number of nitrogens with zero attached hydrogens (tertiary/aromatic N) is 1. The van der Waals surface area contributed by atoms with Crippen molar-refractivity contribution in [1.82, 2.24) is 15.3 Å². The zero-order valence-corrected chi connectivity index (χ0v) is 8.24. The molecule has 2 unspecified atom stereocenters. The van der Waals surface area contributed by atoms with Crippen molar-refractivity contribution in [3.63, 3.8) is 0 Å². The second-order valence-electron chi connectivity index (χ2n) is 3.93. The molecule has 1 aliphatic carbocycles. The molecule has 1 aromatic rings. The minimum atomic E-state index is -0.0981. The molecule has 4 nitrogen and oxygen atoms in total. The molecule has 1 saturated carbocycles. The second-order valence-corrected chi connectivity index (χ2v) is 3.93. The summed E-state index contributed by atoms with van der Waals surface area (Å²) >= 11 is 0. The van der Waals surface area contributed by atoms with Gasteiger partial charge in [-0.25, -0.2) is 4.98 Å². The predicted octanol–water partition coefficient (Wildman–Crippen LogP) is 0.660. The number of imidazole rings is 1. The highest BCUT2D eigenvalue weighted by Crippen LogP contribution is 2.24. The molecule has 0 radical (unpaired) electrons. The van der Waals surface area contributed by atoms with Crippen molar-refractivity contribution in [2.24, 2.45) is 5.92 Å². The first-order chi connectivity index (χ1) is 6.86. The molecule has 1 aliphatic rings. The van der Waals surface area contributed by atoms with Crippen LogP contribution in [0.1, 0.15) is 25.1 Å². The van der Waals surface area contributed by atoms with Crippen LogP contribution in [-0.2, 0) is 6.54 Å². The first-order valence-corrected chi connectivity index (χ1v) is 5.23. The number of hydrogen-bond acceptors (Lipinski definition) is 3. The van der Waals surface area contributed by atoms with Gasteiger partial charge in [-0.3, -0.25) is 0 Å². The van der Waals surface area contributed by atoms with Gasteiger partial charge in [-0.05, 0) is 18.8 Å². The summed E-state index contributed by atoms with van der Waals surface area (Å²) in [5, 5.41) is 12.9. The van der Waals surface area contributed by atoms with Gasteiger partial charge in [-0.1, -0.05) is 6.42 Å². The summed E-state index contributed by atoms with van der Waals surface area (Å²) in [7, 11) is 0. The summed E-state index contributed by atoms with van der Waals surface area (Å²) in [5.74, 6) is 1.39. The first kappa shape index (κ1) is 9.68. The van der Waals surface area contributed by atoms with Gasteiger partial charge >= 0.3 is 0 Å². The fraction of sp³-hybridized carbons (Fsp3) is 0.700. The lowest BCUT2D eigenvalue weighted by Gasteiger charge is -2.14. The van der Waals surface area contributed by atoms with Crippen molar-refractivity contribution in [1.29, 1.82) is 0 Å². The molecule has 0 aliphatic heterocycles. The molecule has 1 fully saturated rings. The van der Waals surface area contributed by atoms with E-state index >= 15 is 0 Å². The van der Waals surface area contributed by atoms with E-state index in [9.17, 15) is 5.11 Å². The third-order valence-corrected chi connectivity index (χ3v) is 2.87. The van der Waals surface area contributed by atoms with Crippen LogP contribution >= 0.6 is 0 Å². The summed E-state index contributed by atoms with van der Waals surface area (Å²) in [6.07, 6.45) is 6.75. The lowest BCUT2D eigenvalue weighted by molar-refractivity contribution is 0.131. The molecule has 14 heavy (non-hydrogen) atoms. The molecule has 0 aromatic carbocycles. The Kier molecular flexibility index (Phi) is 3.16. The summed E-state index contributed by atoms with van der Waals surface area (Å²) in [4.78, 5) is 7.16. The molecule has 1 aromatic heterocycles. The molecular formula is C10H17N3O. The molecule has 3 N–H and O–H groups in total. The van der Waals surface area contributed by atoms with Crippen molar-refractivity contribution in [2.75, 3.05) is 6.54 Å². The lowest BCUT2D eigenvalue weighted by Crippen LogP contribution is -2.27. The Morgan fingerprint density at radius 1 is 1.57 bits per heavy atom. The number of aromatic amines is 1.